The van der Waals surface area contributed by atoms with Crippen LogP contribution in [0.25, 0.3) is 0 Å². The zero-order chi connectivity index (χ0) is 13.4. The maximum Gasteiger partial charge on any atom is 0.00185 e. The smallest absolute Gasteiger partial charge is 0.00185 e. The minimum atomic E-state index is 0.890. The predicted octanol–water partition coefficient (Wildman–Crippen LogP) is 4.80. The topological polar surface area (TPSA) is 3.24 Å². The van der Waals surface area contributed by atoms with E-state index in [1.165, 1.54) is 69.3 Å². The van der Waals surface area contributed by atoms with Crippen molar-refractivity contribution in [2.24, 2.45) is 5.92 Å². The Kier molecular flexibility index (Phi) is 7.34. The Balaban J connectivity index is 2.38. The van der Waals surface area contributed by atoms with Crippen LogP contribution in [0.4, 0.5) is 0 Å². The highest BCUT2D eigenvalue weighted by molar-refractivity contribution is 4.96. The molecule has 1 saturated carbocycles. The summed E-state index contributed by atoms with van der Waals surface area (Å²) in [6.45, 7) is 16.3. The summed E-state index contributed by atoms with van der Waals surface area (Å²) in [4.78, 5) is 2.65. The zero-order valence-electron chi connectivity index (χ0n) is 12.5. The molecule has 1 aliphatic carbocycles. The summed E-state index contributed by atoms with van der Waals surface area (Å²) in [7, 11) is 0. The molecule has 18 heavy (non-hydrogen) atoms. The van der Waals surface area contributed by atoms with E-state index in [9.17, 15) is 0 Å². The lowest BCUT2D eigenvalue weighted by molar-refractivity contribution is 0.221. The molecule has 0 radical (unpaired) electrons. The molecule has 1 unspecified atom stereocenters. The molecule has 1 rings (SSSR count). The lowest BCUT2D eigenvalue weighted by Gasteiger charge is -2.26. The Morgan fingerprint density at radius 3 is 2.72 bits per heavy atom. The van der Waals surface area contributed by atoms with E-state index in [1.807, 2.05) is 0 Å². The van der Waals surface area contributed by atoms with Crippen molar-refractivity contribution in [3.63, 3.8) is 0 Å². The Labute approximate surface area is 114 Å². The van der Waals surface area contributed by atoms with Crippen LogP contribution >= 0.6 is 0 Å². The third-order valence-electron chi connectivity index (χ3n) is 3.96. The van der Waals surface area contributed by atoms with E-state index in [-0.39, 0.29) is 0 Å². The molecule has 1 nitrogen and oxygen atoms in total. The van der Waals surface area contributed by atoms with Gasteiger partial charge in [-0.2, -0.15) is 0 Å². The molecule has 0 amide bonds. The van der Waals surface area contributed by atoms with Crippen LogP contribution < -0.4 is 0 Å². The SMILES string of the molecule is C=C(C)CCN(CCC)CC1CCCC(=C)CC1. The summed E-state index contributed by atoms with van der Waals surface area (Å²) in [5.74, 6) is 0.890. The molecule has 0 aromatic heterocycles. The summed E-state index contributed by atoms with van der Waals surface area (Å²) < 4.78 is 0. The largest absolute Gasteiger partial charge is 0.303 e. The molecule has 0 aromatic carbocycles. The average molecular weight is 249 g/mol. The van der Waals surface area contributed by atoms with Gasteiger partial charge in [0.15, 0.2) is 0 Å². The van der Waals surface area contributed by atoms with Crippen molar-refractivity contribution in [3.05, 3.63) is 24.3 Å². The fraction of sp³-hybridized carbons (Fsp3) is 0.765. The van der Waals surface area contributed by atoms with E-state index in [0.717, 1.165) is 12.3 Å². The molecule has 1 atom stereocenters. The second kappa shape index (κ2) is 8.53. The van der Waals surface area contributed by atoms with Crippen molar-refractivity contribution >= 4 is 0 Å². The first-order valence-electron chi connectivity index (χ1n) is 7.65. The lowest BCUT2D eigenvalue weighted by atomic mass is 9.99. The molecule has 1 heteroatoms. The molecule has 0 aliphatic heterocycles. The zero-order valence-corrected chi connectivity index (χ0v) is 12.5. The Bertz CT molecular complexity index is 267. The van der Waals surface area contributed by atoms with E-state index >= 15 is 0 Å². The number of hydrogen-bond donors (Lipinski definition) is 0. The minimum absolute atomic E-state index is 0.890. The fourth-order valence-electron chi connectivity index (χ4n) is 2.83. The highest BCUT2D eigenvalue weighted by Gasteiger charge is 2.16. The van der Waals surface area contributed by atoms with Gasteiger partial charge < -0.3 is 4.90 Å². The first-order chi connectivity index (χ1) is 8.61. The summed E-state index contributed by atoms with van der Waals surface area (Å²) in [6, 6.07) is 0. The van der Waals surface area contributed by atoms with Crippen LogP contribution in [0, 0.1) is 5.92 Å². The lowest BCUT2D eigenvalue weighted by Crippen LogP contribution is -2.31. The van der Waals surface area contributed by atoms with Gasteiger partial charge in [0.25, 0.3) is 0 Å². The summed E-state index contributed by atoms with van der Waals surface area (Å²) in [5, 5.41) is 0. The first kappa shape index (κ1) is 15.5. The van der Waals surface area contributed by atoms with E-state index in [0.29, 0.717) is 0 Å². The van der Waals surface area contributed by atoms with Crippen LogP contribution in [0.15, 0.2) is 24.3 Å². The Hall–Kier alpha value is -0.560. The van der Waals surface area contributed by atoms with Gasteiger partial charge in [0, 0.05) is 13.1 Å². The van der Waals surface area contributed by atoms with Gasteiger partial charge in [-0.15, -0.1) is 6.58 Å². The molecule has 0 bridgehead atoms. The highest BCUT2D eigenvalue weighted by Crippen LogP contribution is 2.26. The molecular formula is C17H31N. The Morgan fingerprint density at radius 2 is 2.06 bits per heavy atom. The van der Waals surface area contributed by atoms with Crippen molar-refractivity contribution in [2.75, 3.05) is 19.6 Å². The standard InChI is InChI=1S/C17H31N/c1-5-12-18(13-11-15(2)3)14-17-8-6-7-16(4)9-10-17/h17H,2,4-14H2,1,3H3. The molecule has 104 valence electrons. The van der Waals surface area contributed by atoms with Gasteiger partial charge in [0.05, 0.1) is 0 Å². The number of rotatable bonds is 7. The highest BCUT2D eigenvalue weighted by atomic mass is 15.1. The number of hydrogen-bond acceptors (Lipinski definition) is 1. The molecule has 0 heterocycles. The second-order valence-electron chi connectivity index (χ2n) is 6.05. The van der Waals surface area contributed by atoms with E-state index in [4.69, 9.17) is 0 Å². The van der Waals surface area contributed by atoms with Crippen LogP contribution in [0.2, 0.25) is 0 Å². The number of allylic oxidation sites excluding steroid dienone is 1. The third kappa shape index (κ3) is 6.39. The summed E-state index contributed by atoms with van der Waals surface area (Å²) in [5.41, 5.74) is 2.78. The van der Waals surface area contributed by atoms with E-state index < -0.39 is 0 Å². The molecule has 0 spiro atoms. The summed E-state index contributed by atoms with van der Waals surface area (Å²) in [6.07, 6.45) is 9.03. The molecular weight excluding hydrogens is 218 g/mol. The van der Waals surface area contributed by atoms with E-state index in [2.05, 4.69) is 31.9 Å². The second-order valence-corrected chi connectivity index (χ2v) is 6.05. The Morgan fingerprint density at radius 1 is 1.28 bits per heavy atom. The van der Waals surface area contributed by atoms with E-state index in [1.54, 1.807) is 0 Å². The molecule has 1 aliphatic rings. The van der Waals surface area contributed by atoms with Crippen LogP contribution in [0.5, 0.6) is 0 Å². The monoisotopic (exact) mass is 249 g/mol. The van der Waals surface area contributed by atoms with Gasteiger partial charge >= 0.3 is 0 Å². The third-order valence-corrected chi connectivity index (χ3v) is 3.96. The first-order valence-corrected chi connectivity index (χ1v) is 7.65. The van der Waals surface area contributed by atoms with Gasteiger partial charge in [-0.3, -0.25) is 0 Å². The van der Waals surface area contributed by atoms with Crippen LogP contribution in [0.1, 0.15) is 58.8 Å². The minimum Gasteiger partial charge on any atom is -0.303 e. The normalized spacial score (nSPS) is 21.1. The predicted molar refractivity (Wildman–Crippen MR) is 81.9 cm³/mol. The van der Waals surface area contributed by atoms with Crippen molar-refractivity contribution in [2.45, 2.75) is 58.8 Å². The van der Waals surface area contributed by atoms with Gasteiger partial charge in [0.1, 0.15) is 0 Å². The fourth-order valence-corrected chi connectivity index (χ4v) is 2.83. The van der Waals surface area contributed by atoms with Crippen LogP contribution in [0.3, 0.4) is 0 Å². The molecule has 1 fully saturated rings. The summed E-state index contributed by atoms with van der Waals surface area (Å²) >= 11 is 0. The quantitative estimate of drug-likeness (QED) is 0.463. The molecule has 0 aromatic rings. The van der Waals surface area contributed by atoms with Crippen LogP contribution in [-0.4, -0.2) is 24.5 Å². The maximum atomic E-state index is 4.16. The number of nitrogens with zero attached hydrogens (tertiary/aromatic N) is 1. The van der Waals surface area contributed by atoms with Crippen molar-refractivity contribution in [3.8, 4) is 0 Å². The molecule has 0 N–H and O–H groups in total. The van der Waals surface area contributed by atoms with Crippen molar-refractivity contribution in [1.82, 2.24) is 4.90 Å². The van der Waals surface area contributed by atoms with Gasteiger partial charge in [0.2, 0.25) is 0 Å². The van der Waals surface area contributed by atoms with Crippen molar-refractivity contribution in [1.29, 1.82) is 0 Å². The maximum absolute atomic E-state index is 4.16. The van der Waals surface area contributed by atoms with Gasteiger partial charge in [-0.05, 0) is 64.3 Å². The van der Waals surface area contributed by atoms with Crippen LogP contribution in [-0.2, 0) is 0 Å². The van der Waals surface area contributed by atoms with Gasteiger partial charge in [-0.1, -0.05) is 24.6 Å². The van der Waals surface area contributed by atoms with Crippen molar-refractivity contribution < 1.29 is 0 Å². The van der Waals surface area contributed by atoms with Gasteiger partial charge in [-0.25, -0.2) is 0 Å². The molecule has 0 saturated heterocycles. The average Bonchev–Trinajstić information content (AvgIpc) is 2.52.